The van der Waals surface area contributed by atoms with Gasteiger partial charge in [-0.3, -0.25) is 0 Å². The number of benzene rings is 2. The van der Waals surface area contributed by atoms with E-state index in [1.54, 1.807) is 24.3 Å². The summed E-state index contributed by atoms with van der Waals surface area (Å²) in [6.07, 6.45) is 0. The van der Waals surface area contributed by atoms with Crippen LogP contribution in [0.4, 0.5) is 4.39 Å². The van der Waals surface area contributed by atoms with Crippen LogP contribution in [0.25, 0.3) is 0 Å². The molecule has 0 aromatic heterocycles. The van der Waals surface area contributed by atoms with Crippen LogP contribution in [0.2, 0.25) is 10.0 Å². The van der Waals surface area contributed by atoms with E-state index in [2.05, 4.69) is 0 Å². The number of hydrogen-bond acceptors (Lipinski definition) is 2. The van der Waals surface area contributed by atoms with Gasteiger partial charge in [0.25, 0.3) is 0 Å². The highest BCUT2D eigenvalue weighted by Crippen LogP contribution is 2.24. The largest absolute Gasteiger partial charge is 0.489 e. The minimum Gasteiger partial charge on any atom is -0.489 e. The number of ether oxygens (including phenoxy) is 1. The van der Waals surface area contributed by atoms with Gasteiger partial charge in [0.05, 0.1) is 5.02 Å². The van der Waals surface area contributed by atoms with Crippen LogP contribution in [-0.2, 0) is 13.2 Å². The second kappa shape index (κ2) is 6.24. The van der Waals surface area contributed by atoms with E-state index < -0.39 is 5.82 Å². The molecule has 0 amide bonds. The Bertz CT molecular complexity index is 590. The van der Waals surface area contributed by atoms with Crippen LogP contribution in [-0.4, -0.2) is 0 Å². The van der Waals surface area contributed by atoms with E-state index in [1.807, 2.05) is 0 Å². The summed E-state index contributed by atoms with van der Waals surface area (Å²) in [4.78, 5) is 0. The Balaban J connectivity index is 2.12. The molecule has 2 aromatic carbocycles. The van der Waals surface area contributed by atoms with Gasteiger partial charge in [0, 0.05) is 17.1 Å². The zero-order valence-electron chi connectivity index (χ0n) is 10.00. The van der Waals surface area contributed by atoms with Crippen molar-refractivity contribution in [3.05, 3.63) is 63.4 Å². The minimum absolute atomic E-state index is 0.0953. The molecule has 0 heterocycles. The van der Waals surface area contributed by atoms with Gasteiger partial charge in [-0.2, -0.15) is 0 Å². The Kier molecular flexibility index (Phi) is 4.64. The van der Waals surface area contributed by atoms with E-state index >= 15 is 0 Å². The fraction of sp³-hybridized carbons (Fsp3) is 0.143. The van der Waals surface area contributed by atoms with Crippen LogP contribution >= 0.6 is 23.2 Å². The fourth-order valence-corrected chi connectivity index (χ4v) is 1.95. The Morgan fingerprint density at radius 1 is 1.11 bits per heavy atom. The molecule has 0 spiro atoms. The molecule has 2 aromatic rings. The van der Waals surface area contributed by atoms with Gasteiger partial charge in [0.2, 0.25) is 0 Å². The van der Waals surface area contributed by atoms with Crippen molar-refractivity contribution in [1.29, 1.82) is 0 Å². The average molecular weight is 300 g/mol. The molecular weight excluding hydrogens is 288 g/mol. The van der Waals surface area contributed by atoms with Crippen molar-refractivity contribution in [3.63, 3.8) is 0 Å². The average Bonchev–Trinajstić information content (AvgIpc) is 2.41. The monoisotopic (exact) mass is 299 g/mol. The molecular formula is C14H12Cl2FNO. The quantitative estimate of drug-likeness (QED) is 0.919. The summed E-state index contributed by atoms with van der Waals surface area (Å²) < 4.78 is 18.9. The van der Waals surface area contributed by atoms with E-state index in [0.717, 1.165) is 5.56 Å². The van der Waals surface area contributed by atoms with Crippen molar-refractivity contribution >= 4 is 23.2 Å². The molecule has 0 saturated heterocycles. The second-order valence-electron chi connectivity index (χ2n) is 3.99. The molecule has 5 heteroatoms. The topological polar surface area (TPSA) is 35.2 Å². The lowest BCUT2D eigenvalue weighted by molar-refractivity contribution is 0.302. The molecule has 19 heavy (non-hydrogen) atoms. The highest BCUT2D eigenvalue weighted by molar-refractivity contribution is 6.31. The molecule has 0 radical (unpaired) electrons. The van der Waals surface area contributed by atoms with Crippen LogP contribution in [0.1, 0.15) is 11.1 Å². The van der Waals surface area contributed by atoms with Crippen molar-refractivity contribution in [1.82, 2.24) is 0 Å². The molecule has 0 atom stereocenters. The summed E-state index contributed by atoms with van der Waals surface area (Å²) in [5, 5.41) is 0.697. The maximum atomic E-state index is 13.3. The Labute approximate surface area is 120 Å². The molecule has 100 valence electrons. The Hall–Kier alpha value is -1.29. The normalized spacial score (nSPS) is 10.5. The van der Waals surface area contributed by atoms with Gasteiger partial charge in [0.1, 0.15) is 18.2 Å². The van der Waals surface area contributed by atoms with Gasteiger partial charge in [0.15, 0.2) is 0 Å². The number of rotatable bonds is 4. The summed E-state index contributed by atoms with van der Waals surface area (Å²) >= 11 is 11.5. The molecule has 0 bridgehead atoms. The van der Waals surface area contributed by atoms with Crippen molar-refractivity contribution in [2.24, 2.45) is 5.73 Å². The highest BCUT2D eigenvalue weighted by Gasteiger charge is 2.05. The zero-order chi connectivity index (χ0) is 13.8. The Morgan fingerprint density at radius 2 is 1.89 bits per heavy atom. The predicted molar refractivity (Wildman–Crippen MR) is 75.1 cm³/mol. The second-order valence-corrected chi connectivity index (χ2v) is 4.84. The smallest absolute Gasteiger partial charge is 0.142 e. The summed E-state index contributed by atoms with van der Waals surface area (Å²) in [5.74, 6) is 0.181. The van der Waals surface area contributed by atoms with Crippen molar-refractivity contribution in [2.45, 2.75) is 13.2 Å². The summed E-state index contributed by atoms with van der Waals surface area (Å²) in [7, 11) is 0. The molecule has 0 aliphatic carbocycles. The van der Waals surface area contributed by atoms with Crippen LogP contribution in [0.15, 0.2) is 36.4 Å². The third-order valence-corrected chi connectivity index (χ3v) is 3.16. The van der Waals surface area contributed by atoms with E-state index in [4.69, 9.17) is 33.7 Å². The first-order chi connectivity index (χ1) is 9.10. The van der Waals surface area contributed by atoms with Gasteiger partial charge in [-0.05, 0) is 35.9 Å². The lowest BCUT2D eigenvalue weighted by atomic mass is 10.2. The van der Waals surface area contributed by atoms with Crippen LogP contribution in [0, 0.1) is 5.82 Å². The first-order valence-electron chi connectivity index (χ1n) is 5.65. The zero-order valence-corrected chi connectivity index (χ0v) is 11.5. The van der Waals surface area contributed by atoms with Crippen LogP contribution in [0.3, 0.4) is 0 Å². The van der Waals surface area contributed by atoms with E-state index in [9.17, 15) is 4.39 Å². The molecule has 0 fully saturated rings. The van der Waals surface area contributed by atoms with Gasteiger partial charge in [-0.1, -0.05) is 29.3 Å². The SMILES string of the molecule is NCc1cc(Cl)ccc1OCc1ccc(Cl)c(F)c1. The summed E-state index contributed by atoms with van der Waals surface area (Å²) in [6, 6.07) is 9.78. The van der Waals surface area contributed by atoms with Gasteiger partial charge < -0.3 is 10.5 Å². The fourth-order valence-electron chi connectivity index (χ4n) is 1.64. The van der Waals surface area contributed by atoms with Crippen molar-refractivity contribution in [3.8, 4) is 5.75 Å². The molecule has 0 aliphatic heterocycles. The summed E-state index contributed by atoms with van der Waals surface area (Å²) in [5.41, 5.74) is 7.12. The molecule has 0 aliphatic rings. The van der Waals surface area contributed by atoms with Gasteiger partial charge in [-0.15, -0.1) is 0 Å². The first-order valence-corrected chi connectivity index (χ1v) is 6.41. The number of nitrogens with two attached hydrogens (primary N) is 1. The maximum Gasteiger partial charge on any atom is 0.142 e. The standard InChI is InChI=1S/C14H12Cl2FNO/c15-11-2-4-14(10(6-11)7-18)19-8-9-1-3-12(16)13(17)5-9/h1-6H,7-8,18H2. The van der Waals surface area contributed by atoms with Gasteiger partial charge >= 0.3 is 0 Å². The molecule has 0 saturated carbocycles. The Morgan fingerprint density at radius 3 is 2.58 bits per heavy atom. The molecule has 2 rings (SSSR count). The molecule has 2 N–H and O–H groups in total. The lowest BCUT2D eigenvalue weighted by Gasteiger charge is -2.11. The van der Waals surface area contributed by atoms with E-state index in [0.29, 0.717) is 22.9 Å². The van der Waals surface area contributed by atoms with Crippen LogP contribution < -0.4 is 10.5 Å². The molecule has 0 unspecified atom stereocenters. The molecule has 2 nitrogen and oxygen atoms in total. The lowest BCUT2D eigenvalue weighted by Crippen LogP contribution is -2.03. The maximum absolute atomic E-state index is 13.3. The van der Waals surface area contributed by atoms with Crippen molar-refractivity contribution < 1.29 is 9.13 Å². The first kappa shape index (κ1) is 14.1. The third-order valence-electron chi connectivity index (χ3n) is 2.62. The number of hydrogen-bond donors (Lipinski definition) is 1. The van der Waals surface area contributed by atoms with Crippen LogP contribution in [0.5, 0.6) is 5.75 Å². The predicted octanol–water partition coefficient (Wildman–Crippen LogP) is 4.17. The third kappa shape index (κ3) is 3.60. The number of halogens is 3. The highest BCUT2D eigenvalue weighted by atomic mass is 35.5. The van der Waals surface area contributed by atoms with Gasteiger partial charge in [-0.25, -0.2) is 4.39 Å². The summed E-state index contributed by atoms with van der Waals surface area (Å²) in [6.45, 7) is 0.563. The van der Waals surface area contributed by atoms with E-state index in [-0.39, 0.29) is 11.6 Å². The van der Waals surface area contributed by atoms with Crippen molar-refractivity contribution in [2.75, 3.05) is 0 Å². The van der Waals surface area contributed by atoms with E-state index in [1.165, 1.54) is 12.1 Å². The minimum atomic E-state index is -0.460.